The van der Waals surface area contributed by atoms with Gasteiger partial charge in [-0.2, -0.15) is 0 Å². The Kier molecular flexibility index (Phi) is 4.28. The molecule has 1 saturated carbocycles. The highest BCUT2D eigenvalue weighted by molar-refractivity contribution is 7.93. The predicted molar refractivity (Wildman–Crippen MR) is 91.6 cm³/mol. The van der Waals surface area contributed by atoms with E-state index in [2.05, 4.69) is 10.0 Å². The third-order valence-electron chi connectivity index (χ3n) is 4.01. The molecular weight excluding hydrogens is 352 g/mol. The summed E-state index contributed by atoms with van der Waals surface area (Å²) in [6, 6.07) is 2.95. The lowest BCUT2D eigenvalue weighted by Gasteiger charge is -2.18. The second-order valence-corrected chi connectivity index (χ2v) is 8.02. The summed E-state index contributed by atoms with van der Waals surface area (Å²) in [6.07, 6.45) is 2.49. The van der Waals surface area contributed by atoms with E-state index in [-0.39, 0.29) is 28.2 Å². The fourth-order valence-corrected chi connectivity index (χ4v) is 3.85. The Balaban J connectivity index is 2.07. The minimum absolute atomic E-state index is 0.0652. The molecule has 0 unspecified atom stereocenters. The summed E-state index contributed by atoms with van der Waals surface area (Å²) in [4.78, 5) is 12.2. The summed E-state index contributed by atoms with van der Waals surface area (Å²) in [5.41, 5.74) is 0.0549. The molecule has 2 aromatic rings. The van der Waals surface area contributed by atoms with Gasteiger partial charge in [-0.05, 0) is 31.9 Å². The number of aromatic nitrogens is 1. The van der Waals surface area contributed by atoms with E-state index < -0.39 is 26.9 Å². The van der Waals surface area contributed by atoms with Gasteiger partial charge >= 0.3 is 0 Å². The van der Waals surface area contributed by atoms with Crippen molar-refractivity contribution in [2.24, 2.45) is 7.05 Å². The van der Waals surface area contributed by atoms with Crippen LogP contribution in [0, 0.1) is 18.6 Å². The van der Waals surface area contributed by atoms with Crippen LogP contribution in [0.2, 0.25) is 0 Å². The molecule has 6 nitrogen and oxygen atoms in total. The zero-order chi connectivity index (χ0) is 18.4. The number of nitrogens with zero attached hydrogens (tertiary/aromatic N) is 1. The number of halogens is 2. The molecule has 0 saturated heterocycles. The highest BCUT2D eigenvalue weighted by atomic mass is 32.2. The van der Waals surface area contributed by atoms with Crippen molar-refractivity contribution in [3.8, 4) is 0 Å². The molecule has 25 heavy (non-hydrogen) atoms. The Labute approximate surface area is 143 Å². The molecule has 9 heteroatoms. The molecule has 0 atom stereocenters. The summed E-state index contributed by atoms with van der Waals surface area (Å²) in [7, 11) is -2.08. The Morgan fingerprint density at radius 2 is 1.88 bits per heavy atom. The first-order valence-corrected chi connectivity index (χ1v) is 9.17. The van der Waals surface area contributed by atoms with Crippen molar-refractivity contribution in [1.29, 1.82) is 0 Å². The third kappa shape index (κ3) is 3.51. The number of hydrogen-bond donors (Lipinski definition) is 2. The van der Waals surface area contributed by atoms with Gasteiger partial charge in [0, 0.05) is 24.9 Å². The summed E-state index contributed by atoms with van der Waals surface area (Å²) in [5, 5.41) is 2.25. The quantitative estimate of drug-likeness (QED) is 0.849. The molecule has 1 fully saturated rings. The number of sulfonamides is 1. The van der Waals surface area contributed by atoms with Crippen molar-refractivity contribution < 1.29 is 17.2 Å². The number of nitrogens with one attached hydrogen (secondary N) is 2. The molecule has 0 bridgehead atoms. The van der Waals surface area contributed by atoms with Crippen LogP contribution in [0.5, 0.6) is 0 Å². The number of hydrogen-bond acceptors (Lipinski definition) is 4. The van der Waals surface area contributed by atoms with E-state index in [0.717, 1.165) is 6.07 Å². The molecule has 0 spiro atoms. The molecule has 2 N–H and O–H groups in total. The van der Waals surface area contributed by atoms with Crippen molar-refractivity contribution in [3.05, 3.63) is 51.9 Å². The first kappa shape index (κ1) is 17.4. The predicted octanol–water partition coefficient (Wildman–Crippen LogP) is 2.62. The molecule has 0 amide bonds. The van der Waals surface area contributed by atoms with Crippen molar-refractivity contribution in [2.45, 2.75) is 25.0 Å². The van der Waals surface area contributed by atoms with Crippen LogP contribution in [-0.2, 0) is 17.1 Å². The molecular formula is C16H17F2N3O3S. The van der Waals surface area contributed by atoms with E-state index >= 15 is 0 Å². The Bertz CT molecular complexity index is 998. The first-order chi connectivity index (χ1) is 11.7. The fourth-order valence-electron chi connectivity index (χ4n) is 2.47. The number of benzene rings is 1. The van der Waals surface area contributed by atoms with Crippen LogP contribution in [0.25, 0.3) is 0 Å². The van der Waals surface area contributed by atoms with Gasteiger partial charge in [0.2, 0.25) is 10.0 Å². The minimum atomic E-state index is -3.58. The second-order valence-electron chi connectivity index (χ2n) is 6.05. The monoisotopic (exact) mass is 369 g/mol. The van der Waals surface area contributed by atoms with E-state index in [9.17, 15) is 22.0 Å². The maximum absolute atomic E-state index is 13.9. The second kappa shape index (κ2) is 6.14. The number of rotatable bonds is 5. The molecule has 1 heterocycles. The maximum atomic E-state index is 13.9. The van der Waals surface area contributed by atoms with Crippen LogP contribution in [0.4, 0.5) is 25.8 Å². The molecule has 0 radical (unpaired) electrons. The molecule has 0 aliphatic heterocycles. The van der Waals surface area contributed by atoms with E-state index in [1.54, 1.807) is 0 Å². The molecule has 1 aliphatic carbocycles. The molecule has 3 rings (SSSR count). The largest absolute Gasteiger partial charge is 0.351 e. The van der Waals surface area contributed by atoms with Crippen molar-refractivity contribution in [2.75, 3.05) is 10.0 Å². The standard InChI is InChI=1S/C16H17F2N3O3S/c1-9-15(19-13-6-3-10(17)7-12(13)18)14(8-21(2)16(9)22)20-25(23,24)11-4-5-11/h3,6-8,11,19-20H,4-5H2,1-2H3. The van der Waals surface area contributed by atoms with Gasteiger partial charge < -0.3 is 9.88 Å². The van der Waals surface area contributed by atoms with Crippen molar-refractivity contribution in [3.63, 3.8) is 0 Å². The van der Waals surface area contributed by atoms with Crippen molar-refractivity contribution in [1.82, 2.24) is 4.57 Å². The lowest BCUT2D eigenvalue weighted by molar-refractivity contribution is 0.586. The van der Waals surface area contributed by atoms with Gasteiger partial charge in [-0.3, -0.25) is 9.52 Å². The Morgan fingerprint density at radius 3 is 2.48 bits per heavy atom. The van der Waals surface area contributed by atoms with E-state index in [1.165, 1.54) is 30.8 Å². The van der Waals surface area contributed by atoms with E-state index in [0.29, 0.717) is 18.9 Å². The van der Waals surface area contributed by atoms with Crippen LogP contribution in [-0.4, -0.2) is 18.2 Å². The van der Waals surface area contributed by atoms with E-state index in [1.807, 2.05) is 0 Å². The lowest BCUT2D eigenvalue weighted by Crippen LogP contribution is -2.24. The zero-order valence-corrected chi connectivity index (χ0v) is 14.5. The van der Waals surface area contributed by atoms with Gasteiger partial charge in [0.25, 0.3) is 5.56 Å². The fraction of sp³-hybridized carbons (Fsp3) is 0.312. The van der Waals surface area contributed by atoms with Gasteiger partial charge in [0.1, 0.15) is 11.6 Å². The average molecular weight is 369 g/mol. The van der Waals surface area contributed by atoms with Crippen LogP contribution >= 0.6 is 0 Å². The summed E-state index contributed by atoms with van der Waals surface area (Å²) in [5.74, 6) is -1.59. The average Bonchev–Trinajstić information content (AvgIpc) is 3.36. The van der Waals surface area contributed by atoms with Gasteiger partial charge in [-0.25, -0.2) is 17.2 Å². The molecule has 1 aromatic carbocycles. The number of anilines is 3. The minimum Gasteiger partial charge on any atom is -0.351 e. The molecule has 1 aliphatic rings. The van der Waals surface area contributed by atoms with Gasteiger partial charge in [0.05, 0.1) is 22.3 Å². The summed E-state index contributed by atoms with van der Waals surface area (Å²) in [6.45, 7) is 1.50. The highest BCUT2D eigenvalue weighted by Gasteiger charge is 2.36. The summed E-state index contributed by atoms with van der Waals surface area (Å²) < 4.78 is 55.2. The Morgan fingerprint density at radius 1 is 1.20 bits per heavy atom. The number of aryl methyl sites for hydroxylation is 1. The maximum Gasteiger partial charge on any atom is 0.255 e. The van der Waals surface area contributed by atoms with E-state index in [4.69, 9.17) is 0 Å². The van der Waals surface area contributed by atoms with Crippen LogP contribution in [0.15, 0.2) is 29.2 Å². The van der Waals surface area contributed by atoms with Gasteiger partial charge in [-0.1, -0.05) is 0 Å². The first-order valence-electron chi connectivity index (χ1n) is 7.63. The molecule has 134 valence electrons. The Hall–Kier alpha value is -2.42. The highest BCUT2D eigenvalue weighted by Crippen LogP contribution is 2.34. The third-order valence-corrected chi connectivity index (χ3v) is 5.87. The van der Waals surface area contributed by atoms with Crippen molar-refractivity contribution >= 4 is 27.1 Å². The van der Waals surface area contributed by atoms with Crippen LogP contribution < -0.4 is 15.6 Å². The lowest BCUT2D eigenvalue weighted by atomic mass is 10.2. The smallest absolute Gasteiger partial charge is 0.255 e. The topological polar surface area (TPSA) is 80.2 Å². The zero-order valence-electron chi connectivity index (χ0n) is 13.6. The molecule has 1 aromatic heterocycles. The normalized spacial score (nSPS) is 14.4. The van der Waals surface area contributed by atoms with Crippen LogP contribution in [0.1, 0.15) is 18.4 Å². The number of pyridine rings is 1. The SMILES string of the molecule is Cc1c(Nc2ccc(F)cc2F)c(NS(=O)(=O)C2CC2)cn(C)c1=O. The van der Waals surface area contributed by atoms with Gasteiger partial charge in [0.15, 0.2) is 0 Å². The summed E-state index contributed by atoms with van der Waals surface area (Å²) >= 11 is 0. The van der Waals surface area contributed by atoms with Gasteiger partial charge in [-0.15, -0.1) is 0 Å². The van der Waals surface area contributed by atoms with Crippen LogP contribution in [0.3, 0.4) is 0 Å².